The highest BCUT2D eigenvalue weighted by Gasteiger charge is 2.38. The predicted molar refractivity (Wildman–Crippen MR) is 72.1 cm³/mol. The molecule has 1 aliphatic heterocycles. The van der Waals surface area contributed by atoms with Crippen LogP contribution >= 0.6 is 15.9 Å². The molecule has 20 heavy (non-hydrogen) atoms. The zero-order valence-electron chi connectivity index (χ0n) is 10.7. The van der Waals surface area contributed by atoms with Gasteiger partial charge in [-0.25, -0.2) is 14.0 Å². The Kier molecular flexibility index (Phi) is 3.80. The van der Waals surface area contributed by atoms with E-state index in [-0.39, 0.29) is 10.0 Å². The van der Waals surface area contributed by atoms with Crippen molar-refractivity contribution in [1.82, 2.24) is 0 Å². The fourth-order valence-electron chi connectivity index (χ4n) is 1.52. The van der Waals surface area contributed by atoms with Crippen molar-refractivity contribution in [3.63, 3.8) is 0 Å². The van der Waals surface area contributed by atoms with Crippen molar-refractivity contribution in [2.45, 2.75) is 19.6 Å². The topological polar surface area (TPSA) is 64.6 Å². The Labute approximate surface area is 122 Å². The molecule has 1 N–H and O–H groups in total. The Balaban J connectivity index is 2.17. The summed E-state index contributed by atoms with van der Waals surface area (Å²) in [6.07, 6.45) is 1.17. The lowest BCUT2D eigenvalue weighted by molar-refractivity contribution is -0.222. The summed E-state index contributed by atoms with van der Waals surface area (Å²) in [6.45, 7) is 2.92. The number of benzene rings is 1. The zero-order valence-corrected chi connectivity index (χ0v) is 12.3. The molecule has 7 heteroatoms. The molecule has 0 aliphatic carbocycles. The molecule has 1 saturated heterocycles. The summed E-state index contributed by atoms with van der Waals surface area (Å²) < 4.78 is 23.2. The second kappa shape index (κ2) is 5.24. The minimum absolute atomic E-state index is 0.259. The Hall–Kier alpha value is -1.89. The summed E-state index contributed by atoms with van der Waals surface area (Å²) in [6, 6.07) is 4.17. The van der Waals surface area contributed by atoms with E-state index in [2.05, 4.69) is 21.2 Å². The van der Waals surface area contributed by atoms with Crippen LogP contribution in [0.4, 0.5) is 10.1 Å². The molecule has 106 valence electrons. The molecule has 0 saturated carbocycles. The third kappa shape index (κ3) is 3.16. The molecule has 0 aromatic heterocycles. The number of carbonyl (C=O) groups is 2. The van der Waals surface area contributed by atoms with Gasteiger partial charge in [-0.05, 0) is 34.1 Å². The second-order valence-electron chi connectivity index (χ2n) is 4.51. The summed E-state index contributed by atoms with van der Waals surface area (Å²) in [5.41, 5.74) is 0.237. The summed E-state index contributed by atoms with van der Waals surface area (Å²) in [5.74, 6) is -3.24. The van der Waals surface area contributed by atoms with E-state index in [4.69, 9.17) is 9.47 Å². The van der Waals surface area contributed by atoms with Crippen LogP contribution in [0.15, 0.2) is 34.4 Å². The molecule has 0 radical (unpaired) electrons. The van der Waals surface area contributed by atoms with Crippen LogP contribution in [0.3, 0.4) is 0 Å². The van der Waals surface area contributed by atoms with Crippen LogP contribution < -0.4 is 5.32 Å². The Morgan fingerprint density at radius 2 is 1.85 bits per heavy atom. The Bertz CT molecular complexity index is 590. The van der Waals surface area contributed by atoms with Crippen LogP contribution in [-0.2, 0) is 19.1 Å². The van der Waals surface area contributed by atoms with E-state index in [0.29, 0.717) is 5.69 Å². The fraction of sp³-hybridized carbons (Fsp3) is 0.231. The van der Waals surface area contributed by atoms with Crippen molar-refractivity contribution in [2.75, 3.05) is 5.32 Å². The van der Waals surface area contributed by atoms with Crippen molar-refractivity contribution < 1.29 is 23.5 Å². The lowest BCUT2D eigenvalue weighted by Gasteiger charge is -2.29. The van der Waals surface area contributed by atoms with Crippen molar-refractivity contribution in [3.05, 3.63) is 40.3 Å². The number of ether oxygens (including phenoxy) is 2. The van der Waals surface area contributed by atoms with E-state index >= 15 is 0 Å². The normalized spacial score (nSPS) is 17.3. The van der Waals surface area contributed by atoms with E-state index in [1.54, 1.807) is 0 Å². The summed E-state index contributed by atoms with van der Waals surface area (Å²) >= 11 is 3.03. The second-order valence-corrected chi connectivity index (χ2v) is 5.36. The maximum Gasteiger partial charge on any atom is 0.350 e. The molecule has 1 heterocycles. The van der Waals surface area contributed by atoms with Gasteiger partial charge < -0.3 is 14.8 Å². The summed E-state index contributed by atoms with van der Waals surface area (Å²) in [5, 5.41) is 2.71. The SMILES string of the molecule is CC1(C)OC(=O)C(=CNc2ccc(F)c(Br)c2)C(=O)O1. The number of esters is 2. The van der Waals surface area contributed by atoms with Crippen molar-refractivity contribution in [1.29, 1.82) is 0 Å². The third-order valence-corrected chi connectivity index (χ3v) is 3.03. The number of hydrogen-bond donors (Lipinski definition) is 1. The van der Waals surface area contributed by atoms with Gasteiger partial charge in [0.05, 0.1) is 4.47 Å². The summed E-state index contributed by atoms with van der Waals surface area (Å²) in [4.78, 5) is 23.3. The maximum absolute atomic E-state index is 13.1. The third-order valence-electron chi connectivity index (χ3n) is 2.42. The Morgan fingerprint density at radius 1 is 1.25 bits per heavy atom. The van der Waals surface area contributed by atoms with Crippen LogP contribution in [0.1, 0.15) is 13.8 Å². The molecule has 0 atom stereocenters. The average Bonchev–Trinajstić information content (AvgIpc) is 2.31. The maximum atomic E-state index is 13.1. The van der Waals surface area contributed by atoms with Gasteiger partial charge in [-0.3, -0.25) is 0 Å². The first-order chi connectivity index (χ1) is 9.28. The molecular formula is C13H11BrFNO4. The zero-order chi connectivity index (χ0) is 14.9. The smallest absolute Gasteiger partial charge is 0.350 e. The number of carbonyl (C=O) groups excluding carboxylic acids is 2. The number of nitrogens with one attached hydrogen (secondary N) is 1. The quantitative estimate of drug-likeness (QED) is 0.508. The predicted octanol–water partition coefficient (Wildman–Crippen LogP) is 2.72. The van der Waals surface area contributed by atoms with Gasteiger partial charge >= 0.3 is 11.9 Å². The molecule has 5 nitrogen and oxygen atoms in total. The molecule has 0 spiro atoms. The van der Waals surface area contributed by atoms with Crippen LogP contribution in [0.5, 0.6) is 0 Å². The van der Waals surface area contributed by atoms with Crippen LogP contribution in [0, 0.1) is 5.82 Å². The molecule has 0 bridgehead atoms. The monoisotopic (exact) mass is 343 g/mol. The molecule has 2 rings (SSSR count). The highest BCUT2D eigenvalue weighted by molar-refractivity contribution is 9.10. The molecule has 1 aromatic carbocycles. The Morgan fingerprint density at radius 3 is 2.40 bits per heavy atom. The first kappa shape index (κ1) is 14.5. The lowest BCUT2D eigenvalue weighted by Crippen LogP contribution is -2.42. The number of anilines is 1. The standard InChI is InChI=1S/C13H11BrFNO4/c1-13(2)19-11(17)8(12(18)20-13)6-16-7-3-4-10(15)9(14)5-7/h3-6,16H,1-2H3. The largest absolute Gasteiger partial charge is 0.419 e. The number of cyclic esters (lactones) is 2. The molecule has 1 aromatic rings. The van der Waals surface area contributed by atoms with Gasteiger partial charge in [0.1, 0.15) is 5.82 Å². The van der Waals surface area contributed by atoms with Gasteiger partial charge in [-0.2, -0.15) is 0 Å². The van der Waals surface area contributed by atoms with Gasteiger partial charge in [0.2, 0.25) is 0 Å². The van der Waals surface area contributed by atoms with Crippen molar-refractivity contribution in [3.8, 4) is 0 Å². The minimum atomic E-state index is -1.27. The van der Waals surface area contributed by atoms with Crippen molar-refractivity contribution in [2.24, 2.45) is 0 Å². The van der Waals surface area contributed by atoms with E-state index < -0.39 is 23.5 Å². The first-order valence-electron chi connectivity index (χ1n) is 5.67. The molecule has 0 amide bonds. The van der Waals surface area contributed by atoms with Gasteiger partial charge in [-0.1, -0.05) is 0 Å². The highest BCUT2D eigenvalue weighted by atomic mass is 79.9. The average molecular weight is 344 g/mol. The van der Waals surface area contributed by atoms with Crippen LogP contribution in [0.2, 0.25) is 0 Å². The van der Waals surface area contributed by atoms with Gasteiger partial charge in [-0.15, -0.1) is 0 Å². The fourth-order valence-corrected chi connectivity index (χ4v) is 1.90. The van der Waals surface area contributed by atoms with E-state index in [9.17, 15) is 14.0 Å². The van der Waals surface area contributed by atoms with E-state index in [1.165, 1.54) is 38.2 Å². The van der Waals surface area contributed by atoms with Gasteiger partial charge in [0.15, 0.2) is 5.57 Å². The summed E-state index contributed by atoms with van der Waals surface area (Å²) in [7, 11) is 0. The van der Waals surface area contributed by atoms with Gasteiger partial charge in [0, 0.05) is 25.7 Å². The minimum Gasteiger partial charge on any atom is -0.419 e. The molecule has 0 unspecified atom stereocenters. The van der Waals surface area contributed by atoms with E-state index in [0.717, 1.165) is 0 Å². The van der Waals surface area contributed by atoms with Gasteiger partial charge in [0.25, 0.3) is 5.79 Å². The lowest BCUT2D eigenvalue weighted by atomic mass is 10.2. The number of rotatable bonds is 2. The van der Waals surface area contributed by atoms with Crippen molar-refractivity contribution >= 4 is 33.6 Å². The van der Waals surface area contributed by atoms with E-state index in [1.807, 2.05) is 0 Å². The molecular weight excluding hydrogens is 333 g/mol. The number of halogens is 2. The van der Waals surface area contributed by atoms with Crippen LogP contribution in [-0.4, -0.2) is 17.7 Å². The number of hydrogen-bond acceptors (Lipinski definition) is 5. The highest BCUT2D eigenvalue weighted by Crippen LogP contribution is 2.24. The molecule has 1 fully saturated rings. The molecule has 1 aliphatic rings. The van der Waals surface area contributed by atoms with Crippen LogP contribution in [0.25, 0.3) is 0 Å². The first-order valence-corrected chi connectivity index (χ1v) is 6.46.